The second-order valence-electron chi connectivity index (χ2n) is 5.03. The highest BCUT2D eigenvalue weighted by Gasteiger charge is 2.55. The van der Waals surface area contributed by atoms with Gasteiger partial charge in [0.05, 0.1) is 6.61 Å². The maximum atomic E-state index is 11.8. The molecule has 1 saturated heterocycles. The van der Waals surface area contributed by atoms with E-state index in [1.54, 1.807) is 7.11 Å². The van der Waals surface area contributed by atoms with Crippen LogP contribution in [0.3, 0.4) is 0 Å². The number of carboxylic acid groups (broad SMARTS) is 1. The number of aliphatic carboxylic acids is 1. The summed E-state index contributed by atoms with van der Waals surface area (Å²) in [6, 6.07) is 0. The van der Waals surface area contributed by atoms with Gasteiger partial charge in [-0.05, 0) is 31.7 Å². The predicted molar refractivity (Wildman–Crippen MR) is 64.0 cm³/mol. The Kier molecular flexibility index (Phi) is 4.01. The summed E-state index contributed by atoms with van der Waals surface area (Å²) in [7, 11) is 1.59. The van der Waals surface area contributed by atoms with Crippen LogP contribution in [0.2, 0.25) is 0 Å². The summed E-state index contributed by atoms with van der Waals surface area (Å²) in [5.41, 5.74) is -0.791. The first-order valence-electron chi connectivity index (χ1n) is 6.40. The number of carboxylic acids is 1. The Morgan fingerprint density at radius 3 is 2.82 bits per heavy atom. The summed E-state index contributed by atoms with van der Waals surface area (Å²) in [5, 5.41) is 13.0. The van der Waals surface area contributed by atoms with Crippen LogP contribution in [-0.2, 0) is 9.53 Å². The van der Waals surface area contributed by atoms with E-state index in [0.29, 0.717) is 6.61 Å². The van der Waals surface area contributed by atoms with Gasteiger partial charge in [-0.1, -0.05) is 0 Å². The maximum Gasteiger partial charge on any atom is 0.326 e. The lowest BCUT2D eigenvalue weighted by atomic mass is 9.91. The van der Waals surface area contributed by atoms with Crippen LogP contribution < -0.4 is 5.32 Å². The standard InChI is InChI=1S/C12H22N2O3/c1-17-9-12(11(15)16,10-3-4-10)14-7-2-5-13-6-8-14/h10,13H,2-9H2,1H3,(H,15,16). The van der Waals surface area contributed by atoms with E-state index >= 15 is 0 Å². The monoisotopic (exact) mass is 242 g/mol. The molecule has 0 radical (unpaired) electrons. The van der Waals surface area contributed by atoms with Gasteiger partial charge in [0.2, 0.25) is 0 Å². The first-order valence-corrected chi connectivity index (χ1v) is 6.40. The summed E-state index contributed by atoms with van der Waals surface area (Å²) in [6.45, 7) is 3.79. The van der Waals surface area contributed by atoms with Gasteiger partial charge >= 0.3 is 5.97 Å². The second kappa shape index (κ2) is 5.33. The van der Waals surface area contributed by atoms with Gasteiger partial charge in [-0.15, -0.1) is 0 Å². The minimum absolute atomic E-state index is 0.262. The van der Waals surface area contributed by atoms with Crippen LogP contribution in [0.5, 0.6) is 0 Å². The molecule has 5 nitrogen and oxygen atoms in total. The molecule has 1 unspecified atom stereocenters. The zero-order chi connectivity index (χ0) is 12.3. The molecule has 5 heteroatoms. The Hall–Kier alpha value is -0.650. The molecule has 98 valence electrons. The van der Waals surface area contributed by atoms with E-state index in [-0.39, 0.29) is 5.92 Å². The second-order valence-corrected chi connectivity index (χ2v) is 5.03. The Bertz CT molecular complexity index is 273. The number of ether oxygens (including phenoxy) is 1. The highest BCUT2D eigenvalue weighted by atomic mass is 16.5. The van der Waals surface area contributed by atoms with Gasteiger partial charge in [-0.3, -0.25) is 9.69 Å². The lowest BCUT2D eigenvalue weighted by Crippen LogP contribution is -2.60. The average molecular weight is 242 g/mol. The van der Waals surface area contributed by atoms with Gasteiger partial charge in [0.1, 0.15) is 5.54 Å². The summed E-state index contributed by atoms with van der Waals surface area (Å²) in [5.74, 6) is -0.457. The van der Waals surface area contributed by atoms with Crippen molar-refractivity contribution in [1.82, 2.24) is 10.2 Å². The lowest BCUT2D eigenvalue weighted by molar-refractivity contribution is -0.158. The van der Waals surface area contributed by atoms with Crippen LogP contribution in [0, 0.1) is 5.92 Å². The molecule has 0 aromatic carbocycles. The van der Waals surface area contributed by atoms with Crippen LogP contribution in [0.25, 0.3) is 0 Å². The largest absolute Gasteiger partial charge is 0.480 e. The topological polar surface area (TPSA) is 61.8 Å². The maximum absolute atomic E-state index is 11.8. The summed E-state index contributed by atoms with van der Waals surface area (Å²) >= 11 is 0. The molecule has 0 bridgehead atoms. The summed E-state index contributed by atoms with van der Waals surface area (Å²) in [6.07, 6.45) is 3.03. The fraction of sp³-hybridized carbons (Fsp3) is 0.917. The van der Waals surface area contributed by atoms with Crippen molar-refractivity contribution in [2.45, 2.75) is 24.8 Å². The van der Waals surface area contributed by atoms with Gasteiger partial charge < -0.3 is 15.2 Å². The number of methoxy groups -OCH3 is 1. The van der Waals surface area contributed by atoms with Gasteiger partial charge in [0, 0.05) is 26.7 Å². The molecule has 0 spiro atoms. The van der Waals surface area contributed by atoms with E-state index in [0.717, 1.165) is 45.4 Å². The van der Waals surface area contributed by atoms with E-state index in [1.807, 2.05) is 0 Å². The van der Waals surface area contributed by atoms with Crippen molar-refractivity contribution in [3.8, 4) is 0 Å². The predicted octanol–water partition coefficient (Wildman–Crippen LogP) is 0.162. The Morgan fingerprint density at radius 2 is 2.24 bits per heavy atom. The number of nitrogens with one attached hydrogen (secondary N) is 1. The number of hydrogen-bond donors (Lipinski definition) is 2. The third-order valence-electron chi connectivity index (χ3n) is 3.89. The smallest absolute Gasteiger partial charge is 0.326 e. The minimum Gasteiger partial charge on any atom is -0.480 e. The average Bonchev–Trinajstić information content (AvgIpc) is 3.12. The Balaban J connectivity index is 2.19. The van der Waals surface area contributed by atoms with Gasteiger partial charge in [-0.25, -0.2) is 0 Å². The van der Waals surface area contributed by atoms with E-state index < -0.39 is 11.5 Å². The van der Waals surface area contributed by atoms with E-state index in [1.165, 1.54) is 0 Å². The third-order valence-corrected chi connectivity index (χ3v) is 3.89. The number of carbonyl (C=O) groups is 1. The molecule has 1 aliphatic heterocycles. The molecular formula is C12H22N2O3. The molecule has 0 aromatic rings. The Labute approximate surface area is 102 Å². The SMILES string of the molecule is COCC(C(=O)O)(C1CC1)N1CCCNCC1. The van der Waals surface area contributed by atoms with Crippen molar-refractivity contribution >= 4 is 5.97 Å². The van der Waals surface area contributed by atoms with Crippen LogP contribution >= 0.6 is 0 Å². The molecule has 1 saturated carbocycles. The quantitative estimate of drug-likeness (QED) is 0.719. The molecule has 1 heterocycles. The molecule has 17 heavy (non-hydrogen) atoms. The highest BCUT2D eigenvalue weighted by molar-refractivity contribution is 5.80. The van der Waals surface area contributed by atoms with E-state index in [9.17, 15) is 9.90 Å². The third kappa shape index (κ3) is 2.46. The van der Waals surface area contributed by atoms with Crippen molar-refractivity contribution in [3.05, 3.63) is 0 Å². The van der Waals surface area contributed by atoms with Crippen molar-refractivity contribution in [2.75, 3.05) is 39.9 Å². The van der Waals surface area contributed by atoms with Crippen LogP contribution in [0.15, 0.2) is 0 Å². The molecule has 1 aliphatic carbocycles. The molecular weight excluding hydrogens is 220 g/mol. The molecule has 2 N–H and O–H groups in total. The van der Waals surface area contributed by atoms with Crippen molar-refractivity contribution in [1.29, 1.82) is 0 Å². The molecule has 2 rings (SSSR count). The fourth-order valence-corrected chi connectivity index (χ4v) is 2.86. The summed E-state index contributed by atoms with van der Waals surface area (Å²) in [4.78, 5) is 13.9. The van der Waals surface area contributed by atoms with Gasteiger partial charge in [-0.2, -0.15) is 0 Å². The minimum atomic E-state index is -0.791. The number of rotatable bonds is 5. The molecule has 0 amide bonds. The van der Waals surface area contributed by atoms with Crippen molar-refractivity contribution < 1.29 is 14.6 Å². The number of nitrogens with zero attached hydrogens (tertiary/aromatic N) is 1. The van der Waals surface area contributed by atoms with Crippen LogP contribution in [0.4, 0.5) is 0 Å². The van der Waals surface area contributed by atoms with Crippen LogP contribution in [-0.4, -0.2) is 61.4 Å². The van der Waals surface area contributed by atoms with Crippen LogP contribution in [0.1, 0.15) is 19.3 Å². The van der Waals surface area contributed by atoms with E-state index in [4.69, 9.17) is 4.74 Å². The van der Waals surface area contributed by atoms with Crippen molar-refractivity contribution in [3.63, 3.8) is 0 Å². The molecule has 2 fully saturated rings. The first kappa shape index (κ1) is 12.8. The Morgan fingerprint density at radius 1 is 1.47 bits per heavy atom. The van der Waals surface area contributed by atoms with Crippen molar-refractivity contribution in [2.24, 2.45) is 5.92 Å². The van der Waals surface area contributed by atoms with Gasteiger partial charge in [0.15, 0.2) is 0 Å². The normalized spacial score (nSPS) is 26.2. The number of hydrogen-bond acceptors (Lipinski definition) is 4. The molecule has 1 atom stereocenters. The molecule has 2 aliphatic rings. The zero-order valence-electron chi connectivity index (χ0n) is 10.4. The van der Waals surface area contributed by atoms with Gasteiger partial charge in [0.25, 0.3) is 0 Å². The van der Waals surface area contributed by atoms with E-state index in [2.05, 4.69) is 10.2 Å². The fourth-order valence-electron chi connectivity index (χ4n) is 2.86. The first-order chi connectivity index (χ1) is 8.21. The lowest BCUT2D eigenvalue weighted by Gasteiger charge is -2.40. The molecule has 0 aromatic heterocycles. The highest BCUT2D eigenvalue weighted by Crippen LogP contribution is 2.43. The summed E-state index contributed by atoms with van der Waals surface area (Å²) < 4.78 is 5.22. The zero-order valence-corrected chi connectivity index (χ0v) is 10.4.